The summed E-state index contributed by atoms with van der Waals surface area (Å²) < 4.78 is 5.39. The van der Waals surface area contributed by atoms with Crippen LogP contribution in [-0.2, 0) is 14.9 Å². The molecule has 0 radical (unpaired) electrons. The van der Waals surface area contributed by atoms with Gasteiger partial charge in [-0.05, 0) is 37.0 Å². The molecular formula is C19H25ClN2O3. The second-order valence-corrected chi connectivity index (χ2v) is 7.88. The normalized spacial score (nSPS) is 29.4. The summed E-state index contributed by atoms with van der Waals surface area (Å²) in [6.07, 6.45) is 2.36. The van der Waals surface area contributed by atoms with Crippen LogP contribution in [0.3, 0.4) is 0 Å². The highest BCUT2D eigenvalue weighted by molar-refractivity contribution is 6.30. The van der Waals surface area contributed by atoms with Crippen LogP contribution in [0.5, 0.6) is 0 Å². The molecule has 0 bridgehead atoms. The number of rotatable bonds is 3. The fourth-order valence-corrected chi connectivity index (χ4v) is 4.30. The minimum absolute atomic E-state index is 0.0706. The number of amides is 1. The zero-order valence-electron chi connectivity index (χ0n) is 14.4. The van der Waals surface area contributed by atoms with Gasteiger partial charge in [0.15, 0.2) is 0 Å². The first-order valence-electron chi connectivity index (χ1n) is 9.15. The molecule has 1 N–H and O–H groups in total. The van der Waals surface area contributed by atoms with E-state index in [1.54, 1.807) is 0 Å². The molecule has 1 amide bonds. The van der Waals surface area contributed by atoms with Crippen LogP contribution < -0.4 is 0 Å². The molecule has 1 saturated carbocycles. The monoisotopic (exact) mass is 364 g/mol. The summed E-state index contributed by atoms with van der Waals surface area (Å²) in [4.78, 5) is 17.5. The molecule has 6 heteroatoms. The number of carbonyl (C=O) groups excluding carboxylic acids is 1. The van der Waals surface area contributed by atoms with Crippen molar-refractivity contribution < 1.29 is 14.6 Å². The first-order valence-corrected chi connectivity index (χ1v) is 9.53. The van der Waals surface area contributed by atoms with Gasteiger partial charge >= 0.3 is 0 Å². The number of benzene rings is 1. The van der Waals surface area contributed by atoms with Gasteiger partial charge in [-0.25, -0.2) is 0 Å². The molecule has 1 aliphatic carbocycles. The molecule has 0 unspecified atom stereocenters. The maximum absolute atomic E-state index is 13.2. The molecule has 2 aliphatic heterocycles. The quantitative estimate of drug-likeness (QED) is 0.886. The van der Waals surface area contributed by atoms with Gasteiger partial charge in [0.2, 0.25) is 5.91 Å². The molecule has 0 spiro atoms. The van der Waals surface area contributed by atoms with Gasteiger partial charge in [-0.15, -0.1) is 0 Å². The summed E-state index contributed by atoms with van der Waals surface area (Å²) in [6.45, 7) is 4.22. The topological polar surface area (TPSA) is 53.0 Å². The SMILES string of the molecule is O=C(N1CCCN([C@@H]2COC[C@H]2O)CC1)C1(c2ccc(Cl)cc2)CC1. The molecule has 25 heavy (non-hydrogen) atoms. The highest BCUT2D eigenvalue weighted by Crippen LogP contribution is 2.49. The third-order valence-corrected chi connectivity index (χ3v) is 6.12. The Balaban J connectivity index is 1.43. The lowest BCUT2D eigenvalue weighted by Gasteiger charge is -2.29. The highest BCUT2D eigenvalue weighted by Gasteiger charge is 2.53. The van der Waals surface area contributed by atoms with Crippen LogP contribution in [0.4, 0.5) is 0 Å². The van der Waals surface area contributed by atoms with Gasteiger partial charge in [-0.3, -0.25) is 9.69 Å². The Hall–Kier alpha value is -1.14. The van der Waals surface area contributed by atoms with Crippen LogP contribution in [0.1, 0.15) is 24.8 Å². The lowest BCUT2D eigenvalue weighted by molar-refractivity contribution is -0.133. The van der Waals surface area contributed by atoms with Crippen LogP contribution in [-0.4, -0.2) is 72.4 Å². The average molecular weight is 365 g/mol. The van der Waals surface area contributed by atoms with Crippen molar-refractivity contribution in [3.05, 3.63) is 34.9 Å². The predicted molar refractivity (Wildman–Crippen MR) is 95.7 cm³/mol. The van der Waals surface area contributed by atoms with Crippen molar-refractivity contribution in [1.82, 2.24) is 9.80 Å². The number of aliphatic hydroxyl groups is 1. The molecule has 2 atom stereocenters. The second kappa shape index (κ2) is 6.88. The fraction of sp³-hybridized carbons (Fsp3) is 0.632. The van der Waals surface area contributed by atoms with Crippen molar-refractivity contribution in [2.75, 3.05) is 39.4 Å². The first-order chi connectivity index (χ1) is 12.1. The number of hydrogen-bond acceptors (Lipinski definition) is 4. The van der Waals surface area contributed by atoms with E-state index in [2.05, 4.69) is 4.90 Å². The van der Waals surface area contributed by atoms with E-state index in [9.17, 15) is 9.90 Å². The third-order valence-electron chi connectivity index (χ3n) is 5.86. The van der Waals surface area contributed by atoms with E-state index >= 15 is 0 Å². The number of aliphatic hydroxyl groups excluding tert-OH is 1. The second-order valence-electron chi connectivity index (χ2n) is 7.44. The summed E-state index contributed by atoms with van der Waals surface area (Å²) in [5.74, 6) is 0.250. The van der Waals surface area contributed by atoms with E-state index in [0.29, 0.717) is 18.2 Å². The van der Waals surface area contributed by atoms with Crippen molar-refractivity contribution in [2.45, 2.75) is 36.8 Å². The number of halogens is 1. The van der Waals surface area contributed by atoms with Crippen molar-refractivity contribution >= 4 is 17.5 Å². The molecular weight excluding hydrogens is 340 g/mol. The van der Waals surface area contributed by atoms with Crippen LogP contribution in [0.25, 0.3) is 0 Å². The van der Waals surface area contributed by atoms with Gasteiger partial charge in [-0.2, -0.15) is 0 Å². The lowest BCUT2D eigenvalue weighted by Crippen LogP contribution is -2.46. The molecule has 4 rings (SSSR count). The Morgan fingerprint density at radius 1 is 1.12 bits per heavy atom. The minimum atomic E-state index is -0.411. The predicted octanol–water partition coefficient (Wildman–Crippen LogP) is 1.67. The summed E-state index contributed by atoms with van der Waals surface area (Å²) in [5, 5.41) is 10.8. The zero-order valence-corrected chi connectivity index (χ0v) is 15.1. The van der Waals surface area contributed by atoms with E-state index in [-0.39, 0.29) is 17.4 Å². The van der Waals surface area contributed by atoms with E-state index in [4.69, 9.17) is 16.3 Å². The zero-order chi connectivity index (χ0) is 17.4. The smallest absolute Gasteiger partial charge is 0.233 e. The maximum atomic E-state index is 13.2. The van der Waals surface area contributed by atoms with E-state index in [0.717, 1.165) is 51.0 Å². The molecule has 2 saturated heterocycles. The summed E-state index contributed by atoms with van der Waals surface area (Å²) in [6, 6.07) is 7.79. The summed E-state index contributed by atoms with van der Waals surface area (Å²) in [5.41, 5.74) is 0.748. The molecule has 5 nitrogen and oxygen atoms in total. The van der Waals surface area contributed by atoms with E-state index in [1.807, 2.05) is 29.2 Å². The number of nitrogens with zero attached hydrogens (tertiary/aromatic N) is 2. The van der Waals surface area contributed by atoms with E-state index in [1.165, 1.54) is 0 Å². The maximum Gasteiger partial charge on any atom is 0.233 e. The van der Waals surface area contributed by atoms with Crippen LogP contribution in [0.2, 0.25) is 5.02 Å². The van der Waals surface area contributed by atoms with Crippen molar-refractivity contribution in [3.8, 4) is 0 Å². The van der Waals surface area contributed by atoms with Crippen LogP contribution in [0, 0.1) is 0 Å². The van der Waals surface area contributed by atoms with Gasteiger partial charge in [0, 0.05) is 31.2 Å². The molecule has 136 valence electrons. The van der Waals surface area contributed by atoms with E-state index < -0.39 is 6.10 Å². The Bertz CT molecular complexity index is 632. The highest BCUT2D eigenvalue weighted by atomic mass is 35.5. The Labute approximate surface area is 153 Å². The summed E-state index contributed by atoms with van der Waals surface area (Å²) in [7, 11) is 0. The largest absolute Gasteiger partial charge is 0.389 e. The first kappa shape index (κ1) is 17.3. The average Bonchev–Trinajstić information content (AvgIpc) is 3.36. The molecule has 3 aliphatic rings. The van der Waals surface area contributed by atoms with Crippen LogP contribution in [0.15, 0.2) is 24.3 Å². The van der Waals surface area contributed by atoms with Gasteiger partial charge in [0.1, 0.15) is 0 Å². The Morgan fingerprint density at radius 2 is 1.88 bits per heavy atom. The third kappa shape index (κ3) is 3.31. The van der Waals surface area contributed by atoms with Crippen molar-refractivity contribution in [3.63, 3.8) is 0 Å². The molecule has 0 aromatic heterocycles. The minimum Gasteiger partial charge on any atom is -0.389 e. The molecule has 1 aromatic rings. The molecule has 3 fully saturated rings. The number of ether oxygens (including phenoxy) is 1. The number of carbonyl (C=O) groups is 1. The summed E-state index contributed by atoms with van der Waals surface area (Å²) >= 11 is 5.99. The molecule has 1 aromatic carbocycles. The Morgan fingerprint density at radius 3 is 2.52 bits per heavy atom. The Kier molecular flexibility index (Phi) is 4.75. The fourth-order valence-electron chi connectivity index (χ4n) is 4.18. The van der Waals surface area contributed by atoms with Gasteiger partial charge in [0.05, 0.1) is 30.8 Å². The van der Waals surface area contributed by atoms with Gasteiger partial charge in [0.25, 0.3) is 0 Å². The standard InChI is InChI=1S/C19H25ClN2O3/c20-15-4-2-14(3-5-15)19(6-7-19)18(24)22-9-1-8-21(10-11-22)16-12-25-13-17(16)23/h2-5,16-17,23H,1,6-13H2/t16-,17-/m1/s1. The number of hydrogen-bond donors (Lipinski definition) is 1. The van der Waals surface area contributed by atoms with Crippen molar-refractivity contribution in [2.24, 2.45) is 0 Å². The molecule has 2 heterocycles. The van der Waals surface area contributed by atoms with Gasteiger partial charge < -0.3 is 14.7 Å². The van der Waals surface area contributed by atoms with Crippen molar-refractivity contribution in [1.29, 1.82) is 0 Å². The van der Waals surface area contributed by atoms with Gasteiger partial charge in [-0.1, -0.05) is 23.7 Å². The van der Waals surface area contributed by atoms with Crippen LogP contribution >= 0.6 is 11.6 Å². The lowest BCUT2D eigenvalue weighted by atomic mass is 9.94.